The number of para-hydroxylation sites is 1. The maximum atomic E-state index is 5.22. The van der Waals surface area contributed by atoms with Crippen LogP contribution in [0.5, 0.6) is 0 Å². The molecular formula is C44H29N5. The summed E-state index contributed by atoms with van der Waals surface area (Å²) in [6, 6.07) is 52.8. The molecule has 9 rings (SSSR count). The second kappa shape index (κ2) is 12.1. The van der Waals surface area contributed by atoms with E-state index < -0.39 is 0 Å². The first-order chi connectivity index (χ1) is 24.3. The lowest BCUT2D eigenvalue weighted by atomic mass is 9.95. The van der Waals surface area contributed by atoms with Crippen molar-refractivity contribution in [3.63, 3.8) is 0 Å². The standard InChI is InChI=1S/C44H29N5/c1-2-10-30(11-3-1)31-12-6-13-32(24-31)33-14-7-15-34(25-33)36-26-40(35-16-9-22-45-28-35)47-41(27-36)39-18-8-20-44(48-39)49-42-19-5-4-17-37(42)38-21-23-46-29-43(38)49/h1-29H. The summed E-state index contributed by atoms with van der Waals surface area (Å²) in [5.41, 5.74) is 12.3. The molecule has 0 aliphatic heterocycles. The highest BCUT2D eigenvalue weighted by molar-refractivity contribution is 6.08. The summed E-state index contributed by atoms with van der Waals surface area (Å²) < 4.78 is 2.18. The molecule has 49 heavy (non-hydrogen) atoms. The summed E-state index contributed by atoms with van der Waals surface area (Å²) in [6.45, 7) is 0. The van der Waals surface area contributed by atoms with Gasteiger partial charge in [0.05, 0.1) is 34.3 Å². The summed E-state index contributed by atoms with van der Waals surface area (Å²) in [7, 11) is 0. The van der Waals surface area contributed by atoms with Gasteiger partial charge in [0.1, 0.15) is 5.82 Å². The molecule has 0 saturated heterocycles. The number of aromatic nitrogens is 5. The summed E-state index contributed by atoms with van der Waals surface area (Å²) in [6.07, 6.45) is 7.39. The van der Waals surface area contributed by atoms with E-state index in [4.69, 9.17) is 9.97 Å². The van der Waals surface area contributed by atoms with Crippen LogP contribution in [0, 0.1) is 0 Å². The van der Waals surface area contributed by atoms with Gasteiger partial charge in [-0.2, -0.15) is 0 Å². The highest BCUT2D eigenvalue weighted by Gasteiger charge is 2.15. The van der Waals surface area contributed by atoms with E-state index in [2.05, 4.69) is 130 Å². The Morgan fingerprint density at radius 2 is 0.980 bits per heavy atom. The third-order valence-corrected chi connectivity index (χ3v) is 8.98. The number of pyridine rings is 4. The fourth-order valence-electron chi connectivity index (χ4n) is 6.63. The van der Waals surface area contributed by atoms with Crippen molar-refractivity contribution >= 4 is 21.8 Å². The summed E-state index contributed by atoms with van der Waals surface area (Å²) in [5.74, 6) is 0.812. The fraction of sp³-hybridized carbons (Fsp3) is 0. The van der Waals surface area contributed by atoms with E-state index in [1.165, 1.54) is 22.1 Å². The van der Waals surface area contributed by atoms with Gasteiger partial charge in [0.25, 0.3) is 0 Å². The molecule has 0 amide bonds. The Balaban J connectivity index is 1.17. The first-order valence-corrected chi connectivity index (χ1v) is 16.3. The van der Waals surface area contributed by atoms with Crippen LogP contribution < -0.4 is 0 Å². The second-order valence-electron chi connectivity index (χ2n) is 12.0. The summed E-state index contributed by atoms with van der Waals surface area (Å²) in [4.78, 5) is 19.2. The van der Waals surface area contributed by atoms with Crippen molar-refractivity contribution < 1.29 is 0 Å². The number of benzene rings is 4. The van der Waals surface area contributed by atoms with E-state index in [0.29, 0.717) is 0 Å². The van der Waals surface area contributed by atoms with Crippen LogP contribution in [0.3, 0.4) is 0 Å². The molecule has 5 heteroatoms. The topological polar surface area (TPSA) is 56.5 Å². The quantitative estimate of drug-likeness (QED) is 0.184. The first kappa shape index (κ1) is 28.5. The molecule has 0 fully saturated rings. The van der Waals surface area contributed by atoms with Crippen molar-refractivity contribution in [3.8, 4) is 61.8 Å². The zero-order chi connectivity index (χ0) is 32.6. The number of fused-ring (bicyclic) bond motifs is 3. The molecule has 0 N–H and O–H groups in total. The van der Waals surface area contributed by atoms with Crippen LogP contribution in [0.25, 0.3) is 83.6 Å². The third kappa shape index (κ3) is 5.33. The lowest BCUT2D eigenvalue weighted by molar-refractivity contribution is 1.07. The molecule has 5 nitrogen and oxygen atoms in total. The molecule has 4 aromatic carbocycles. The van der Waals surface area contributed by atoms with E-state index >= 15 is 0 Å². The molecule has 9 aromatic rings. The highest BCUT2D eigenvalue weighted by atomic mass is 15.1. The molecule has 0 atom stereocenters. The maximum absolute atomic E-state index is 5.22. The van der Waals surface area contributed by atoms with E-state index in [1.54, 1.807) is 6.20 Å². The zero-order valence-electron chi connectivity index (χ0n) is 26.5. The Hall–Kier alpha value is -6.72. The van der Waals surface area contributed by atoms with Gasteiger partial charge in [-0.3, -0.25) is 14.5 Å². The van der Waals surface area contributed by atoms with Crippen LogP contribution in [0.2, 0.25) is 0 Å². The zero-order valence-corrected chi connectivity index (χ0v) is 26.5. The van der Waals surface area contributed by atoms with Gasteiger partial charge in [-0.25, -0.2) is 9.97 Å². The molecule has 5 heterocycles. The second-order valence-corrected chi connectivity index (χ2v) is 12.0. The Morgan fingerprint density at radius 1 is 0.347 bits per heavy atom. The SMILES string of the molecule is c1ccc(-c2cccc(-c3cccc(-c4cc(-c5cccnc5)nc(-c5cccc(-n6c7ccccc7c7ccncc76)n5)c4)c3)c2)cc1. The van der Waals surface area contributed by atoms with E-state index in [-0.39, 0.29) is 0 Å². The minimum atomic E-state index is 0.783. The smallest absolute Gasteiger partial charge is 0.138 e. The van der Waals surface area contributed by atoms with Crippen LogP contribution in [-0.4, -0.2) is 24.5 Å². The van der Waals surface area contributed by atoms with Gasteiger partial charge in [-0.05, 0) is 94.0 Å². The third-order valence-electron chi connectivity index (χ3n) is 8.98. The van der Waals surface area contributed by atoms with Crippen LogP contribution >= 0.6 is 0 Å². The summed E-state index contributed by atoms with van der Waals surface area (Å²) in [5, 5.41) is 2.31. The van der Waals surface area contributed by atoms with E-state index in [0.717, 1.165) is 61.6 Å². The van der Waals surface area contributed by atoms with Gasteiger partial charge in [0, 0.05) is 34.9 Å². The highest BCUT2D eigenvalue weighted by Crippen LogP contribution is 2.35. The molecule has 5 aromatic heterocycles. The van der Waals surface area contributed by atoms with Gasteiger partial charge < -0.3 is 0 Å². The average Bonchev–Trinajstić information content (AvgIpc) is 3.53. The van der Waals surface area contributed by atoms with E-state index in [9.17, 15) is 0 Å². The molecule has 0 bridgehead atoms. The average molecular weight is 628 g/mol. The largest absolute Gasteiger partial charge is 0.292 e. The molecule has 230 valence electrons. The molecular weight excluding hydrogens is 599 g/mol. The van der Waals surface area contributed by atoms with Gasteiger partial charge in [-0.1, -0.05) is 91.0 Å². The predicted octanol–water partition coefficient (Wildman–Crippen LogP) is 10.7. The van der Waals surface area contributed by atoms with Crippen molar-refractivity contribution in [1.82, 2.24) is 24.5 Å². The Labute approximate surface area is 283 Å². The number of hydrogen-bond acceptors (Lipinski definition) is 4. The number of nitrogens with zero attached hydrogens (tertiary/aromatic N) is 5. The van der Waals surface area contributed by atoms with Crippen LogP contribution in [0.1, 0.15) is 0 Å². The monoisotopic (exact) mass is 627 g/mol. The lowest BCUT2D eigenvalue weighted by Gasteiger charge is -2.13. The molecule has 0 spiro atoms. The molecule has 0 aliphatic carbocycles. The van der Waals surface area contributed by atoms with Crippen molar-refractivity contribution in [3.05, 3.63) is 176 Å². The van der Waals surface area contributed by atoms with Crippen LogP contribution in [0.15, 0.2) is 176 Å². The van der Waals surface area contributed by atoms with Crippen molar-refractivity contribution in [2.45, 2.75) is 0 Å². The minimum absolute atomic E-state index is 0.783. The molecule has 0 radical (unpaired) electrons. The molecule has 0 saturated carbocycles. The summed E-state index contributed by atoms with van der Waals surface area (Å²) >= 11 is 0. The van der Waals surface area contributed by atoms with Gasteiger partial charge >= 0.3 is 0 Å². The van der Waals surface area contributed by atoms with E-state index in [1.807, 2.05) is 55.0 Å². The first-order valence-electron chi connectivity index (χ1n) is 16.3. The van der Waals surface area contributed by atoms with Gasteiger partial charge in [0.15, 0.2) is 0 Å². The van der Waals surface area contributed by atoms with Crippen LogP contribution in [0.4, 0.5) is 0 Å². The Morgan fingerprint density at radius 3 is 1.78 bits per heavy atom. The van der Waals surface area contributed by atoms with Crippen molar-refractivity contribution in [2.75, 3.05) is 0 Å². The minimum Gasteiger partial charge on any atom is -0.292 e. The lowest BCUT2D eigenvalue weighted by Crippen LogP contribution is -2.00. The van der Waals surface area contributed by atoms with Crippen LogP contribution in [-0.2, 0) is 0 Å². The maximum Gasteiger partial charge on any atom is 0.138 e. The predicted molar refractivity (Wildman–Crippen MR) is 199 cm³/mol. The van der Waals surface area contributed by atoms with Gasteiger partial charge in [-0.15, -0.1) is 0 Å². The fourth-order valence-corrected chi connectivity index (χ4v) is 6.63. The Kier molecular flexibility index (Phi) is 7.06. The Bertz CT molecular complexity index is 2550. The number of rotatable bonds is 6. The molecule has 0 aliphatic rings. The van der Waals surface area contributed by atoms with Crippen molar-refractivity contribution in [2.24, 2.45) is 0 Å². The molecule has 0 unspecified atom stereocenters. The van der Waals surface area contributed by atoms with Crippen molar-refractivity contribution in [1.29, 1.82) is 0 Å². The normalized spacial score (nSPS) is 11.3. The van der Waals surface area contributed by atoms with Gasteiger partial charge in [0.2, 0.25) is 0 Å². The number of hydrogen-bond donors (Lipinski definition) is 0.